The number of hydrogen-bond acceptors (Lipinski definition) is 3. The van der Waals surface area contributed by atoms with Gasteiger partial charge in [0.2, 0.25) is 0 Å². The minimum absolute atomic E-state index is 0.596. The second kappa shape index (κ2) is 6.66. The van der Waals surface area contributed by atoms with Crippen molar-refractivity contribution in [3.05, 3.63) is 71.8 Å². The van der Waals surface area contributed by atoms with Crippen molar-refractivity contribution >= 4 is 11.7 Å². The van der Waals surface area contributed by atoms with E-state index in [4.69, 9.17) is 1.37 Å². The summed E-state index contributed by atoms with van der Waals surface area (Å²) in [4.78, 5) is 16.0. The molecule has 0 N–H and O–H groups in total. The van der Waals surface area contributed by atoms with Gasteiger partial charge >= 0.3 is 5.97 Å². The summed E-state index contributed by atoms with van der Waals surface area (Å²) in [6.45, 7) is 1.42. The molecule has 0 aliphatic heterocycles. The minimum Gasteiger partial charge on any atom is -0.467 e. The lowest BCUT2D eigenvalue weighted by atomic mass is 10.0. The molecule has 0 aromatic heterocycles. The third-order valence-corrected chi connectivity index (χ3v) is 2.85. The Morgan fingerprint density at radius 2 is 1.50 bits per heavy atom. The van der Waals surface area contributed by atoms with Gasteiger partial charge in [-0.25, -0.2) is 4.79 Å². The molecule has 0 heterocycles. The van der Waals surface area contributed by atoms with Crippen molar-refractivity contribution in [1.82, 2.24) is 0 Å². The van der Waals surface area contributed by atoms with Gasteiger partial charge in [0.15, 0.2) is 0 Å². The summed E-state index contributed by atoms with van der Waals surface area (Å²) in [6, 6.07) is 17.3. The number of rotatable bonds is 4. The van der Waals surface area contributed by atoms with E-state index in [1.54, 1.807) is 0 Å². The highest BCUT2D eigenvalue weighted by Crippen LogP contribution is 2.12. The first-order valence-corrected chi connectivity index (χ1v) is 6.34. The Morgan fingerprint density at radius 3 is 1.90 bits per heavy atom. The van der Waals surface area contributed by atoms with Crippen molar-refractivity contribution in [2.24, 2.45) is 4.99 Å². The Kier molecular flexibility index (Phi) is 4.20. The number of carbonyl (C=O) groups is 1. The molecule has 0 radical (unpaired) electrons. The van der Waals surface area contributed by atoms with Gasteiger partial charge in [-0.2, -0.15) is 0 Å². The predicted molar refractivity (Wildman–Crippen MR) is 80.0 cm³/mol. The number of esters is 1. The summed E-state index contributed by atoms with van der Waals surface area (Å²) in [5.41, 5.74) is 2.30. The number of ether oxygens (including phenoxy) is 1. The topological polar surface area (TPSA) is 38.7 Å². The van der Waals surface area contributed by atoms with Crippen LogP contribution in [0.1, 0.15) is 19.4 Å². The summed E-state index contributed by atoms with van der Waals surface area (Å²) in [5.74, 6) is -0.688. The van der Waals surface area contributed by atoms with Crippen LogP contribution >= 0.6 is 0 Å². The summed E-state index contributed by atoms with van der Waals surface area (Å²) >= 11 is 0. The van der Waals surface area contributed by atoms with Crippen LogP contribution in [-0.4, -0.2) is 24.8 Å². The van der Waals surface area contributed by atoms with E-state index in [9.17, 15) is 4.79 Å². The van der Waals surface area contributed by atoms with Crippen LogP contribution < -0.4 is 0 Å². The molecule has 0 spiro atoms. The Morgan fingerprint density at radius 1 is 1.05 bits per heavy atom. The number of hydrogen-bond donors (Lipinski definition) is 0. The van der Waals surface area contributed by atoms with Crippen LogP contribution in [0.25, 0.3) is 0 Å². The van der Waals surface area contributed by atoms with E-state index in [-0.39, 0.29) is 0 Å². The first kappa shape index (κ1) is 12.6. The number of nitrogens with zero attached hydrogens (tertiary/aromatic N) is 1. The van der Waals surface area contributed by atoms with E-state index in [1.807, 2.05) is 60.7 Å². The average Bonchev–Trinajstić information content (AvgIpc) is 2.53. The van der Waals surface area contributed by atoms with E-state index >= 15 is 0 Å². The normalized spacial score (nSPS) is 13.8. The summed E-state index contributed by atoms with van der Waals surface area (Å²) in [6.07, 6.45) is 0. The third-order valence-electron chi connectivity index (χ3n) is 2.85. The molecule has 20 heavy (non-hydrogen) atoms. The highest BCUT2D eigenvalue weighted by Gasteiger charge is 2.14. The molecule has 0 fully saturated rings. The van der Waals surface area contributed by atoms with Gasteiger partial charge in [-0.1, -0.05) is 60.7 Å². The Bertz CT molecular complexity index is 595. The molecule has 3 heteroatoms. The Labute approximate surface area is 120 Å². The van der Waals surface area contributed by atoms with Crippen LogP contribution in [0.3, 0.4) is 0 Å². The fraction of sp³-hybridized carbons (Fsp3) is 0.176. The zero-order chi connectivity index (χ0) is 15.3. The first-order valence-electron chi connectivity index (χ1n) is 6.84. The molecule has 2 aromatic carbocycles. The van der Waals surface area contributed by atoms with E-state index < -0.39 is 12.0 Å². The molecule has 1 atom stereocenters. The van der Waals surface area contributed by atoms with E-state index in [0.29, 0.717) is 5.71 Å². The molecule has 2 rings (SSSR count). The molecular formula is C17H17NO2. The van der Waals surface area contributed by atoms with Gasteiger partial charge in [-0.3, -0.25) is 4.99 Å². The number of aliphatic imine (C=N–C) groups is 1. The molecule has 1 unspecified atom stereocenters. The van der Waals surface area contributed by atoms with Crippen LogP contribution in [0.2, 0.25) is 0 Å². The van der Waals surface area contributed by atoms with E-state index in [0.717, 1.165) is 11.1 Å². The maximum atomic E-state index is 11.7. The van der Waals surface area contributed by atoms with Crippen LogP contribution in [0.15, 0.2) is 65.7 Å². The average molecular weight is 268 g/mol. The van der Waals surface area contributed by atoms with Crippen LogP contribution in [-0.2, 0) is 9.53 Å². The molecular weight excluding hydrogens is 250 g/mol. The van der Waals surface area contributed by atoms with E-state index in [1.165, 1.54) is 14.0 Å². The van der Waals surface area contributed by atoms with Crippen LogP contribution in [0.4, 0.5) is 0 Å². The summed E-state index contributed by atoms with van der Waals surface area (Å²) < 4.78 is 12.8. The van der Waals surface area contributed by atoms with Gasteiger partial charge in [0, 0.05) is 11.1 Å². The Balaban J connectivity index is 2.55. The minimum atomic E-state index is -1.68. The van der Waals surface area contributed by atoms with Gasteiger partial charge in [0.05, 0.1) is 14.2 Å². The van der Waals surface area contributed by atoms with Crippen molar-refractivity contribution < 1.29 is 10.9 Å². The predicted octanol–water partition coefficient (Wildman–Crippen LogP) is 3.09. The number of methoxy groups -OCH3 is 1. The zero-order valence-corrected chi connectivity index (χ0v) is 11.5. The smallest absolute Gasteiger partial charge is 0.330 e. The Hall–Kier alpha value is -2.42. The molecule has 0 aliphatic rings. The second-order valence-electron chi connectivity index (χ2n) is 4.27. The van der Waals surface area contributed by atoms with Gasteiger partial charge in [0.25, 0.3) is 0 Å². The first-order chi connectivity index (χ1) is 10.0. The highest BCUT2D eigenvalue weighted by atomic mass is 16.5. The van der Waals surface area contributed by atoms with Crippen molar-refractivity contribution in [2.45, 2.75) is 12.9 Å². The zero-order valence-electron chi connectivity index (χ0n) is 12.5. The maximum Gasteiger partial charge on any atom is 0.330 e. The molecule has 102 valence electrons. The molecule has 0 saturated carbocycles. The third kappa shape index (κ3) is 3.32. The lowest BCUT2D eigenvalue weighted by Crippen LogP contribution is -2.19. The molecule has 0 saturated heterocycles. The van der Waals surface area contributed by atoms with Gasteiger partial charge in [-0.05, 0) is 6.92 Å². The summed E-state index contributed by atoms with van der Waals surface area (Å²) in [5, 5.41) is 0. The van der Waals surface area contributed by atoms with Gasteiger partial charge in [0.1, 0.15) is 6.02 Å². The molecule has 3 nitrogen and oxygen atoms in total. The maximum absolute atomic E-state index is 11.7. The quantitative estimate of drug-likeness (QED) is 0.631. The standard InChI is InChI=1S/C17H17NO2/c1-13(17(19)20-2)18-16(14-9-5-3-6-10-14)15-11-7-4-8-12-15/h3-13H,1-2H3/i13D. The largest absolute Gasteiger partial charge is 0.467 e. The molecule has 2 aromatic rings. The van der Waals surface area contributed by atoms with Crippen LogP contribution in [0, 0.1) is 0 Å². The molecule has 0 aliphatic carbocycles. The van der Waals surface area contributed by atoms with Crippen molar-refractivity contribution in [3.63, 3.8) is 0 Å². The van der Waals surface area contributed by atoms with Crippen molar-refractivity contribution in [3.8, 4) is 0 Å². The van der Waals surface area contributed by atoms with Gasteiger partial charge in [-0.15, -0.1) is 0 Å². The monoisotopic (exact) mass is 268 g/mol. The van der Waals surface area contributed by atoms with Crippen LogP contribution in [0.5, 0.6) is 0 Å². The van der Waals surface area contributed by atoms with E-state index in [2.05, 4.69) is 9.73 Å². The van der Waals surface area contributed by atoms with Gasteiger partial charge < -0.3 is 4.74 Å². The number of carbonyl (C=O) groups excluding carboxylic acids is 1. The highest BCUT2D eigenvalue weighted by molar-refractivity contribution is 6.13. The SMILES string of the molecule is [2H]C(C)(N=C(c1ccccc1)c1ccccc1)C(=O)OC. The number of benzene rings is 2. The lowest BCUT2D eigenvalue weighted by Gasteiger charge is -2.10. The fourth-order valence-electron chi connectivity index (χ4n) is 1.85. The molecule has 0 bridgehead atoms. The fourth-order valence-corrected chi connectivity index (χ4v) is 1.85. The van der Waals surface area contributed by atoms with Crippen molar-refractivity contribution in [1.29, 1.82) is 0 Å². The lowest BCUT2D eigenvalue weighted by molar-refractivity contribution is -0.141. The summed E-state index contributed by atoms with van der Waals surface area (Å²) in [7, 11) is 1.26. The molecule has 0 amide bonds. The second-order valence-corrected chi connectivity index (χ2v) is 4.27. The van der Waals surface area contributed by atoms with Crippen molar-refractivity contribution in [2.75, 3.05) is 7.11 Å².